The Morgan fingerprint density at radius 2 is 1.89 bits per heavy atom. The van der Waals surface area contributed by atoms with Crippen molar-refractivity contribution in [3.8, 4) is 0 Å². The van der Waals surface area contributed by atoms with Gasteiger partial charge in [0.05, 0.1) is 29.9 Å². The minimum Gasteiger partial charge on any atom is -0.379 e. The number of anilines is 1. The quantitative estimate of drug-likeness (QED) is 0.613. The number of carbonyl (C=O) groups excluding carboxylic acids is 1. The maximum absolute atomic E-state index is 13.0. The summed E-state index contributed by atoms with van der Waals surface area (Å²) in [6.07, 6.45) is 5.40. The van der Waals surface area contributed by atoms with Gasteiger partial charge in [0.2, 0.25) is 5.91 Å². The van der Waals surface area contributed by atoms with Crippen LogP contribution in [-0.4, -0.2) is 66.7 Å². The van der Waals surface area contributed by atoms with Crippen molar-refractivity contribution < 1.29 is 14.5 Å². The molecule has 0 spiro atoms. The Morgan fingerprint density at radius 3 is 2.68 bits per heavy atom. The van der Waals surface area contributed by atoms with Crippen LogP contribution >= 0.6 is 0 Å². The van der Waals surface area contributed by atoms with Gasteiger partial charge in [0, 0.05) is 43.9 Å². The van der Waals surface area contributed by atoms with Gasteiger partial charge >= 0.3 is 0 Å². The molecule has 0 bridgehead atoms. The maximum Gasteiger partial charge on any atom is 0.271 e. The van der Waals surface area contributed by atoms with E-state index in [1.165, 1.54) is 25.0 Å². The van der Waals surface area contributed by atoms with Gasteiger partial charge in [0.15, 0.2) is 0 Å². The summed E-state index contributed by atoms with van der Waals surface area (Å²) in [4.78, 5) is 27.8. The van der Waals surface area contributed by atoms with Gasteiger partial charge in [-0.2, -0.15) is 0 Å². The highest BCUT2D eigenvalue weighted by Gasteiger charge is 2.38. The molecule has 28 heavy (non-hydrogen) atoms. The molecule has 3 aliphatic rings. The summed E-state index contributed by atoms with van der Waals surface area (Å²) in [5.74, 6) is 0.0202. The lowest BCUT2D eigenvalue weighted by Gasteiger charge is -2.42. The number of ether oxygens (including phenoxy) is 1. The molecule has 8 heteroatoms. The number of nitrogens with zero attached hydrogens (tertiary/aromatic N) is 3. The van der Waals surface area contributed by atoms with Gasteiger partial charge in [-0.1, -0.05) is 18.9 Å². The van der Waals surface area contributed by atoms with Crippen molar-refractivity contribution in [2.45, 2.75) is 50.2 Å². The number of hydrogen-bond acceptors (Lipinski definition) is 6. The van der Waals surface area contributed by atoms with Gasteiger partial charge < -0.3 is 15.0 Å². The van der Waals surface area contributed by atoms with Crippen molar-refractivity contribution in [3.05, 3.63) is 34.4 Å². The van der Waals surface area contributed by atoms with Crippen LogP contribution in [0.25, 0.3) is 0 Å². The smallest absolute Gasteiger partial charge is 0.271 e. The highest BCUT2D eigenvalue weighted by molar-refractivity contribution is 5.99. The number of non-ortho nitro benzene ring substituents is 1. The number of rotatable bonds is 5. The summed E-state index contributed by atoms with van der Waals surface area (Å²) in [7, 11) is 0. The minimum absolute atomic E-state index is 0.0152. The number of hydrogen-bond donors (Lipinski definition) is 1. The molecule has 1 amide bonds. The molecule has 4 rings (SSSR count). The van der Waals surface area contributed by atoms with Crippen LogP contribution in [-0.2, 0) is 9.53 Å². The Bertz CT molecular complexity index is 722. The molecule has 1 aliphatic carbocycles. The summed E-state index contributed by atoms with van der Waals surface area (Å²) in [6, 6.07) is 6.89. The van der Waals surface area contributed by atoms with Crippen LogP contribution in [0.15, 0.2) is 24.3 Å². The largest absolute Gasteiger partial charge is 0.379 e. The van der Waals surface area contributed by atoms with E-state index >= 15 is 0 Å². The van der Waals surface area contributed by atoms with E-state index in [9.17, 15) is 14.9 Å². The molecule has 3 fully saturated rings. The Labute approximate surface area is 165 Å². The number of morpholine rings is 1. The molecule has 0 radical (unpaired) electrons. The summed E-state index contributed by atoms with van der Waals surface area (Å²) >= 11 is 0. The first-order valence-electron chi connectivity index (χ1n) is 10.3. The van der Waals surface area contributed by atoms with E-state index in [0.717, 1.165) is 45.6 Å². The highest BCUT2D eigenvalue weighted by Crippen LogP contribution is 2.28. The molecule has 152 valence electrons. The summed E-state index contributed by atoms with van der Waals surface area (Å²) in [6.45, 7) is 4.08. The average molecular weight is 388 g/mol. The van der Waals surface area contributed by atoms with E-state index in [4.69, 9.17) is 4.74 Å². The monoisotopic (exact) mass is 388 g/mol. The SMILES string of the molecule is O=C1[C@H](N[C@@H]2CCCC[C@H]2N2CCOCC2)CCN1c1cccc([N+](=O)[O-])c1. The van der Waals surface area contributed by atoms with Gasteiger partial charge in [0.25, 0.3) is 5.69 Å². The third-order valence-corrected chi connectivity index (χ3v) is 6.22. The third-order valence-electron chi connectivity index (χ3n) is 6.22. The maximum atomic E-state index is 13.0. The van der Waals surface area contributed by atoms with Gasteiger partial charge in [-0.05, 0) is 25.3 Å². The van der Waals surface area contributed by atoms with Crippen LogP contribution in [0.5, 0.6) is 0 Å². The lowest BCUT2D eigenvalue weighted by molar-refractivity contribution is -0.384. The lowest BCUT2D eigenvalue weighted by atomic mass is 9.88. The summed E-state index contributed by atoms with van der Waals surface area (Å²) in [5, 5.41) is 14.7. The molecule has 0 aromatic heterocycles. The average Bonchev–Trinajstić information content (AvgIpc) is 3.09. The third kappa shape index (κ3) is 4.04. The molecule has 2 heterocycles. The fraction of sp³-hybridized carbons (Fsp3) is 0.650. The molecule has 1 saturated carbocycles. The topological polar surface area (TPSA) is 88.0 Å². The number of nitro benzene ring substituents is 1. The van der Waals surface area contributed by atoms with Gasteiger partial charge in [0.1, 0.15) is 0 Å². The predicted molar refractivity (Wildman–Crippen MR) is 105 cm³/mol. The standard InChI is InChI=1S/C20H28N4O4/c25-20-18(8-9-23(20)15-4-3-5-16(14-15)24(26)27)21-17-6-1-2-7-19(17)22-10-12-28-13-11-22/h3-5,14,17-19,21H,1-2,6-13H2/t17-,18-,19-/m1/s1. The number of carbonyl (C=O) groups is 1. The van der Waals surface area contributed by atoms with Gasteiger partial charge in [-0.15, -0.1) is 0 Å². The molecule has 1 aromatic carbocycles. The van der Waals surface area contributed by atoms with E-state index in [1.54, 1.807) is 17.0 Å². The number of nitrogens with one attached hydrogen (secondary N) is 1. The van der Waals surface area contributed by atoms with Crippen molar-refractivity contribution in [1.82, 2.24) is 10.2 Å². The molecule has 1 N–H and O–H groups in total. The van der Waals surface area contributed by atoms with E-state index in [0.29, 0.717) is 24.3 Å². The summed E-state index contributed by atoms with van der Waals surface area (Å²) < 4.78 is 5.49. The second-order valence-electron chi connectivity index (χ2n) is 7.88. The van der Waals surface area contributed by atoms with Gasteiger partial charge in [-0.25, -0.2) is 0 Å². The van der Waals surface area contributed by atoms with Crippen molar-refractivity contribution in [2.24, 2.45) is 0 Å². The predicted octanol–water partition coefficient (Wildman–Crippen LogP) is 1.93. The Morgan fingerprint density at radius 1 is 1.11 bits per heavy atom. The van der Waals surface area contributed by atoms with Crippen molar-refractivity contribution in [2.75, 3.05) is 37.7 Å². The Balaban J connectivity index is 1.43. The van der Waals surface area contributed by atoms with E-state index in [1.807, 2.05) is 0 Å². The Kier molecular flexibility index (Phi) is 5.89. The van der Waals surface area contributed by atoms with Crippen LogP contribution in [0.1, 0.15) is 32.1 Å². The highest BCUT2D eigenvalue weighted by atomic mass is 16.6. The van der Waals surface area contributed by atoms with Crippen LogP contribution in [0.4, 0.5) is 11.4 Å². The van der Waals surface area contributed by atoms with E-state index < -0.39 is 4.92 Å². The molecular weight excluding hydrogens is 360 g/mol. The molecule has 2 saturated heterocycles. The van der Waals surface area contributed by atoms with Gasteiger partial charge in [-0.3, -0.25) is 19.8 Å². The molecule has 2 aliphatic heterocycles. The summed E-state index contributed by atoms with van der Waals surface area (Å²) in [5.41, 5.74) is 0.623. The van der Waals surface area contributed by atoms with Crippen molar-refractivity contribution in [3.63, 3.8) is 0 Å². The first-order valence-corrected chi connectivity index (χ1v) is 10.3. The molecular formula is C20H28N4O4. The van der Waals surface area contributed by atoms with Crippen LogP contribution in [0, 0.1) is 10.1 Å². The number of benzene rings is 1. The van der Waals surface area contributed by atoms with Crippen LogP contribution < -0.4 is 10.2 Å². The zero-order valence-corrected chi connectivity index (χ0v) is 16.1. The van der Waals surface area contributed by atoms with E-state index in [2.05, 4.69) is 10.2 Å². The van der Waals surface area contributed by atoms with Crippen LogP contribution in [0.3, 0.4) is 0 Å². The lowest BCUT2D eigenvalue weighted by Crippen LogP contribution is -2.57. The first-order chi connectivity index (χ1) is 13.6. The molecule has 3 atom stereocenters. The Hall–Kier alpha value is -2.03. The van der Waals surface area contributed by atoms with Crippen LogP contribution in [0.2, 0.25) is 0 Å². The molecule has 0 unspecified atom stereocenters. The number of amides is 1. The number of nitro groups is 1. The normalized spacial score (nSPS) is 29.2. The minimum atomic E-state index is -0.422. The fourth-order valence-electron chi connectivity index (χ4n) is 4.78. The molecule has 1 aromatic rings. The zero-order valence-electron chi connectivity index (χ0n) is 16.1. The zero-order chi connectivity index (χ0) is 19.5. The molecule has 8 nitrogen and oxygen atoms in total. The van der Waals surface area contributed by atoms with Crippen molar-refractivity contribution in [1.29, 1.82) is 0 Å². The second kappa shape index (κ2) is 8.55. The first kappa shape index (κ1) is 19.3. The van der Waals surface area contributed by atoms with E-state index in [-0.39, 0.29) is 17.6 Å². The second-order valence-corrected chi connectivity index (χ2v) is 7.88. The van der Waals surface area contributed by atoms with Crippen molar-refractivity contribution >= 4 is 17.3 Å². The fourth-order valence-corrected chi connectivity index (χ4v) is 4.78.